The van der Waals surface area contributed by atoms with Gasteiger partial charge in [-0.3, -0.25) is 4.68 Å². The first-order chi connectivity index (χ1) is 9.66. The van der Waals surface area contributed by atoms with Gasteiger partial charge in [-0.15, -0.1) is 11.3 Å². The zero-order valence-corrected chi connectivity index (χ0v) is 12.6. The molecule has 2 aromatic rings. The summed E-state index contributed by atoms with van der Waals surface area (Å²) in [6.45, 7) is 1.43. The highest BCUT2D eigenvalue weighted by molar-refractivity contribution is 7.13. The van der Waals surface area contributed by atoms with E-state index in [9.17, 15) is 5.11 Å². The first kappa shape index (κ1) is 13.8. The fraction of sp³-hybridized carbons (Fsp3) is 0.533. The Kier molecular flexibility index (Phi) is 3.92. The SMILES string of the molecule is Cn1cc(CNCC2(O)CCCC2)c(-c2cccs2)n1. The minimum atomic E-state index is -0.495. The molecule has 1 saturated carbocycles. The van der Waals surface area contributed by atoms with Crippen molar-refractivity contribution in [1.82, 2.24) is 15.1 Å². The van der Waals surface area contributed by atoms with Crippen LogP contribution in [0.3, 0.4) is 0 Å². The lowest BCUT2D eigenvalue weighted by molar-refractivity contribution is 0.0475. The number of hydrogen-bond acceptors (Lipinski definition) is 4. The van der Waals surface area contributed by atoms with E-state index in [2.05, 4.69) is 28.1 Å². The van der Waals surface area contributed by atoms with Crippen LogP contribution in [-0.2, 0) is 13.6 Å². The second-order valence-electron chi connectivity index (χ2n) is 5.69. The lowest BCUT2D eigenvalue weighted by Gasteiger charge is -2.22. The molecule has 0 unspecified atom stereocenters. The second-order valence-corrected chi connectivity index (χ2v) is 6.64. The predicted octanol–water partition coefficient (Wildman–Crippen LogP) is 2.54. The third-order valence-corrected chi connectivity index (χ3v) is 4.84. The molecule has 5 heteroatoms. The van der Waals surface area contributed by atoms with E-state index in [1.165, 1.54) is 10.4 Å². The maximum atomic E-state index is 10.3. The van der Waals surface area contributed by atoms with Crippen LogP contribution < -0.4 is 5.32 Å². The van der Waals surface area contributed by atoms with Gasteiger partial charge in [0.25, 0.3) is 0 Å². The highest BCUT2D eigenvalue weighted by Crippen LogP contribution is 2.29. The molecule has 1 aliphatic carbocycles. The third-order valence-electron chi connectivity index (χ3n) is 3.96. The third kappa shape index (κ3) is 2.95. The van der Waals surface area contributed by atoms with E-state index >= 15 is 0 Å². The van der Waals surface area contributed by atoms with E-state index in [0.717, 1.165) is 37.9 Å². The van der Waals surface area contributed by atoms with Crippen LogP contribution in [0.25, 0.3) is 10.6 Å². The van der Waals surface area contributed by atoms with Crippen molar-refractivity contribution < 1.29 is 5.11 Å². The van der Waals surface area contributed by atoms with Crippen molar-refractivity contribution in [3.8, 4) is 10.6 Å². The summed E-state index contributed by atoms with van der Waals surface area (Å²) in [5.74, 6) is 0. The summed E-state index contributed by atoms with van der Waals surface area (Å²) in [6, 6.07) is 4.15. The summed E-state index contributed by atoms with van der Waals surface area (Å²) >= 11 is 1.71. The minimum Gasteiger partial charge on any atom is -0.389 e. The summed E-state index contributed by atoms with van der Waals surface area (Å²) in [5.41, 5.74) is 1.75. The lowest BCUT2D eigenvalue weighted by atomic mass is 10.0. The number of aryl methyl sites for hydroxylation is 1. The molecular weight excluding hydrogens is 270 g/mol. The maximum Gasteiger partial charge on any atom is 0.107 e. The van der Waals surface area contributed by atoms with Gasteiger partial charge in [0.1, 0.15) is 5.69 Å². The highest BCUT2D eigenvalue weighted by atomic mass is 32.1. The van der Waals surface area contributed by atoms with E-state index < -0.39 is 5.60 Å². The summed E-state index contributed by atoms with van der Waals surface area (Å²) in [7, 11) is 1.95. The molecule has 2 N–H and O–H groups in total. The van der Waals surface area contributed by atoms with Gasteiger partial charge in [0.05, 0.1) is 10.5 Å². The Bertz CT molecular complexity index is 556. The monoisotopic (exact) mass is 291 g/mol. The minimum absolute atomic E-state index is 0.495. The van der Waals surface area contributed by atoms with Gasteiger partial charge in [-0.2, -0.15) is 5.10 Å². The molecule has 0 amide bonds. The van der Waals surface area contributed by atoms with Crippen molar-refractivity contribution in [3.05, 3.63) is 29.3 Å². The van der Waals surface area contributed by atoms with Crippen molar-refractivity contribution in [1.29, 1.82) is 0 Å². The Morgan fingerprint density at radius 2 is 2.25 bits per heavy atom. The number of aliphatic hydroxyl groups is 1. The van der Waals surface area contributed by atoms with Gasteiger partial charge in [-0.05, 0) is 24.3 Å². The molecule has 0 saturated heterocycles. The van der Waals surface area contributed by atoms with E-state index in [-0.39, 0.29) is 0 Å². The first-order valence-corrected chi connectivity index (χ1v) is 8.04. The smallest absolute Gasteiger partial charge is 0.107 e. The first-order valence-electron chi connectivity index (χ1n) is 7.16. The molecule has 0 aliphatic heterocycles. The topological polar surface area (TPSA) is 50.1 Å². The van der Waals surface area contributed by atoms with Gasteiger partial charge in [0.15, 0.2) is 0 Å². The van der Waals surface area contributed by atoms with Gasteiger partial charge in [-0.25, -0.2) is 0 Å². The van der Waals surface area contributed by atoms with Crippen LogP contribution in [0, 0.1) is 0 Å². The van der Waals surface area contributed by atoms with Gasteiger partial charge < -0.3 is 10.4 Å². The summed E-state index contributed by atoms with van der Waals surface area (Å²) in [6.07, 6.45) is 6.19. The number of thiophene rings is 1. The zero-order valence-electron chi connectivity index (χ0n) is 11.8. The van der Waals surface area contributed by atoms with E-state index in [0.29, 0.717) is 6.54 Å². The van der Waals surface area contributed by atoms with E-state index in [1.54, 1.807) is 11.3 Å². The van der Waals surface area contributed by atoms with Crippen LogP contribution in [0.15, 0.2) is 23.7 Å². The Hall–Kier alpha value is -1.17. The van der Waals surface area contributed by atoms with Crippen LogP contribution in [0.1, 0.15) is 31.2 Å². The zero-order chi connectivity index (χ0) is 14.0. The van der Waals surface area contributed by atoms with Gasteiger partial charge in [-0.1, -0.05) is 18.9 Å². The fourth-order valence-electron chi connectivity index (χ4n) is 2.93. The summed E-state index contributed by atoms with van der Waals surface area (Å²) in [4.78, 5) is 1.20. The Balaban J connectivity index is 1.66. The quantitative estimate of drug-likeness (QED) is 0.890. The van der Waals surface area contributed by atoms with Crippen molar-refractivity contribution in [2.45, 2.75) is 37.8 Å². The predicted molar refractivity (Wildman–Crippen MR) is 81.6 cm³/mol. The number of nitrogens with one attached hydrogen (secondary N) is 1. The highest BCUT2D eigenvalue weighted by Gasteiger charge is 2.30. The van der Waals surface area contributed by atoms with Gasteiger partial charge in [0, 0.05) is 31.9 Å². The van der Waals surface area contributed by atoms with Crippen molar-refractivity contribution in [3.63, 3.8) is 0 Å². The molecule has 4 nitrogen and oxygen atoms in total. The van der Waals surface area contributed by atoms with E-state index in [1.807, 2.05) is 17.8 Å². The van der Waals surface area contributed by atoms with Crippen molar-refractivity contribution in [2.75, 3.05) is 6.54 Å². The molecule has 1 aliphatic rings. The maximum absolute atomic E-state index is 10.3. The van der Waals surface area contributed by atoms with Gasteiger partial charge in [0.2, 0.25) is 0 Å². The van der Waals surface area contributed by atoms with Crippen LogP contribution in [0.5, 0.6) is 0 Å². The molecule has 108 valence electrons. The normalized spacial score (nSPS) is 17.7. The molecule has 1 fully saturated rings. The molecule has 0 bridgehead atoms. The molecule has 20 heavy (non-hydrogen) atoms. The van der Waals surface area contributed by atoms with Gasteiger partial charge >= 0.3 is 0 Å². The molecule has 0 aromatic carbocycles. The largest absolute Gasteiger partial charge is 0.389 e. The molecule has 0 spiro atoms. The molecular formula is C15H21N3OS. The molecule has 2 aromatic heterocycles. The van der Waals surface area contributed by atoms with Crippen molar-refractivity contribution >= 4 is 11.3 Å². The molecule has 0 radical (unpaired) electrons. The van der Waals surface area contributed by atoms with Crippen LogP contribution in [-0.4, -0.2) is 27.0 Å². The van der Waals surface area contributed by atoms with E-state index in [4.69, 9.17) is 0 Å². The molecule has 0 atom stereocenters. The molecule has 2 heterocycles. The van der Waals surface area contributed by atoms with Crippen molar-refractivity contribution in [2.24, 2.45) is 7.05 Å². The summed E-state index contributed by atoms with van der Waals surface area (Å²) in [5, 5.41) is 20.4. The Labute approximate surface area is 123 Å². The lowest BCUT2D eigenvalue weighted by Crippen LogP contribution is -2.37. The van der Waals surface area contributed by atoms with Crippen LogP contribution >= 0.6 is 11.3 Å². The standard InChI is InChI=1S/C15H21N3OS/c1-18-10-12(14(17-18)13-5-4-8-20-13)9-16-11-15(19)6-2-3-7-15/h4-5,8,10,16,19H,2-3,6-7,9,11H2,1H3. The fourth-order valence-corrected chi connectivity index (χ4v) is 3.67. The number of nitrogens with zero attached hydrogens (tertiary/aromatic N) is 2. The number of hydrogen-bond donors (Lipinski definition) is 2. The van der Waals surface area contributed by atoms with Crippen LogP contribution in [0.2, 0.25) is 0 Å². The number of rotatable bonds is 5. The summed E-state index contributed by atoms with van der Waals surface area (Å²) < 4.78 is 1.86. The average molecular weight is 291 g/mol. The number of aromatic nitrogens is 2. The second kappa shape index (κ2) is 5.68. The Morgan fingerprint density at radius 3 is 2.95 bits per heavy atom. The average Bonchev–Trinajstić information content (AvgIpc) is 3.11. The Morgan fingerprint density at radius 1 is 1.45 bits per heavy atom. The molecule has 3 rings (SSSR count). The van der Waals surface area contributed by atoms with Crippen LogP contribution in [0.4, 0.5) is 0 Å².